The number of benzene rings is 2. The van der Waals surface area contributed by atoms with Crippen molar-refractivity contribution in [3.05, 3.63) is 71.3 Å². The molecule has 2 aromatic rings. The normalized spacial score (nSPS) is 23.8. The first-order valence-corrected chi connectivity index (χ1v) is 8.28. The molecule has 0 aromatic heterocycles. The third-order valence-corrected chi connectivity index (χ3v) is 5.18. The highest BCUT2D eigenvalue weighted by atomic mass is 16.2. The van der Waals surface area contributed by atoms with Crippen LogP contribution in [-0.2, 0) is 6.54 Å². The topological polar surface area (TPSA) is 20.3 Å². The van der Waals surface area contributed by atoms with Crippen LogP contribution in [0.1, 0.15) is 53.1 Å². The molecule has 0 radical (unpaired) electrons. The predicted molar refractivity (Wildman–Crippen MR) is 87.8 cm³/mol. The van der Waals surface area contributed by atoms with Crippen molar-refractivity contribution < 1.29 is 4.79 Å². The number of amides is 1. The minimum Gasteiger partial charge on any atom is -0.331 e. The first-order chi connectivity index (χ1) is 10.8. The van der Waals surface area contributed by atoms with Crippen molar-refractivity contribution in [2.24, 2.45) is 0 Å². The highest BCUT2D eigenvalue weighted by Gasteiger charge is 2.40. The van der Waals surface area contributed by atoms with Crippen LogP contribution < -0.4 is 0 Å². The Morgan fingerprint density at radius 3 is 2.50 bits per heavy atom. The van der Waals surface area contributed by atoms with Gasteiger partial charge in [0.1, 0.15) is 0 Å². The van der Waals surface area contributed by atoms with Crippen LogP contribution >= 0.6 is 0 Å². The Kier molecular flexibility index (Phi) is 3.45. The van der Waals surface area contributed by atoms with E-state index in [1.807, 2.05) is 18.2 Å². The molecule has 1 saturated carbocycles. The molecule has 4 rings (SSSR count). The molecule has 1 heterocycles. The lowest BCUT2D eigenvalue weighted by Crippen LogP contribution is -2.48. The van der Waals surface area contributed by atoms with Crippen molar-refractivity contribution in [3.63, 3.8) is 0 Å². The number of carbonyl (C=O) groups excluding carboxylic acids is 1. The molecule has 1 aliphatic heterocycles. The lowest BCUT2D eigenvalue weighted by atomic mass is 9.74. The van der Waals surface area contributed by atoms with Crippen LogP contribution in [-0.4, -0.2) is 16.8 Å². The van der Waals surface area contributed by atoms with Gasteiger partial charge in [-0.3, -0.25) is 4.79 Å². The van der Waals surface area contributed by atoms with E-state index in [0.29, 0.717) is 12.0 Å². The summed E-state index contributed by atoms with van der Waals surface area (Å²) in [7, 11) is 0. The summed E-state index contributed by atoms with van der Waals surface area (Å²) >= 11 is 0. The van der Waals surface area contributed by atoms with E-state index < -0.39 is 0 Å². The summed E-state index contributed by atoms with van der Waals surface area (Å²) in [5.74, 6) is 0.731. The van der Waals surface area contributed by atoms with Crippen LogP contribution in [0.2, 0.25) is 0 Å². The number of rotatable bonds is 2. The van der Waals surface area contributed by atoms with Crippen molar-refractivity contribution in [3.8, 4) is 0 Å². The second kappa shape index (κ2) is 5.60. The molecule has 1 amide bonds. The van der Waals surface area contributed by atoms with E-state index in [1.54, 1.807) is 0 Å². The Labute approximate surface area is 131 Å². The van der Waals surface area contributed by atoms with Gasteiger partial charge in [-0.1, -0.05) is 61.4 Å². The van der Waals surface area contributed by atoms with E-state index in [1.165, 1.54) is 30.4 Å². The number of hydrogen-bond donors (Lipinski definition) is 0. The Balaban J connectivity index is 1.73. The highest BCUT2D eigenvalue weighted by molar-refractivity contribution is 5.97. The van der Waals surface area contributed by atoms with Gasteiger partial charge in [-0.15, -0.1) is 0 Å². The van der Waals surface area contributed by atoms with Crippen molar-refractivity contribution in [2.75, 3.05) is 0 Å². The van der Waals surface area contributed by atoms with Gasteiger partial charge in [0.2, 0.25) is 0 Å². The molecule has 0 N–H and O–H groups in total. The van der Waals surface area contributed by atoms with Crippen molar-refractivity contribution in [1.29, 1.82) is 0 Å². The Morgan fingerprint density at radius 2 is 1.64 bits per heavy atom. The first-order valence-electron chi connectivity index (χ1n) is 8.28. The molecule has 1 fully saturated rings. The molecule has 2 unspecified atom stereocenters. The number of fused-ring (bicyclic) bond motifs is 3. The SMILES string of the molecule is O=C1c2ccccc2C2CCCCC2N1Cc1ccccc1. The minimum atomic E-state index is 0.211. The van der Waals surface area contributed by atoms with Gasteiger partial charge in [-0.25, -0.2) is 0 Å². The second-order valence-corrected chi connectivity index (χ2v) is 6.46. The lowest BCUT2D eigenvalue weighted by molar-refractivity contribution is 0.0534. The van der Waals surface area contributed by atoms with Crippen LogP contribution in [0.15, 0.2) is 54.6 Å². The quantitative estimate of drug-likeness (QED) is 0.804. The van der Waals surface area contributed by atoms with Crippen molar-refractivity contribution in [1.82, 2.24) is 4.90 Å². The Morgan fingerprint density at radius 1 is 0.909 bits per heavy atom. The maximum absolute atomic E-state index is 13.0. The summed E-state index contributed by atoms with van der Waals surface area (Å²) < 4.78 is 0. The van der Waals surface area contributed by atoms with Gasteiger partial charge in [0.05, 0.1) is 0 Å². The maximum Gasteiger partial charge on any atom is 0.254 e. The van der Waals surface area contributed by atoms with E-state index in [-0.39, 0.29) is 5.91 Å². The Hall–Kier alpha value is -2.09. The molecule has 0 spiro atoms. The molecule has 22 heavy (non-hydrogen) atoms. The summed E-state index contributed by atoms with van der Waals surface area (Å²) in [6, 6.07) is 19.0. The Bertz CT molecular complexity index is 679. The highest BCUT2D eigenvalue weighted by Crippen LogP contribution is 2.42. The zero-order valence-corrected chi connectivity index (χ0v) is 12.7. The molecule has 112 valence electrons. The van der Waals surface area contributed by atoms with Gasteiger partial charge < -0.3 is 4.90 Å². The number of carbonyl (C=O) groups is 1. The van der Waals surface area contributed by atoms with E-state index in [9.17, 15) is 4.79 Å². The summed E-state index contributed by atoms with van der Waals surface area (Å²) in [4.78, 5) is 15.1. The average molecular weight is 291 g/mol. The van der Waals surface area contributed by atoms with E-state index >= 15 is 0 Å². The van der Waals surface area contributed by atoms with Crippen LogP contribution in [0.25, 0.3) is 0 Å². The van der Waals surface area contributed by atoms with Gasteiger partial charge in [0.15, 0.2) is 0 Å². The van der Waals surface area contributed by atoms with Crippen molar-refractivity contribution in [2.45, 2.75) is 44.2 Å². The fourth-order valence-electron chi connectivity index (χ4n) is 4.14. The van der Waals surface area contributed by atoms with Crippen LogP contribution in [0.3, 0.4) is 0 Å². The summed E-state index contributed by atoms with van der Waals surface area (Å²) in [6.07, 6.45) is 4.86. The standard InChI is InChI=1S/C20H21NO/c22-20-18-12-5-4-10-16(18)17-11-6-7-13-19(17)21(20)14-15-8-2-1-3-9-15/h1-5,8-10,12,17,19H,6-7,11,13-14H2. The zero-order valence-electron chi connectivity index (χ0n) is 12.7. The molecular formula is C20H21NO. The lowest BCUT2D eigenvalue weighted by Gasteiger charge is -2.45. The average Bonchev–Trinajstić information content (AvgIpc) is 2.59. The van der Waals surface area contributed by atoms with Gasteiger partial charge in [0, 0.05) is 24.1 Å². The summed E-state index contributed by atoms with van der Waals surface area (Å²) in [5, 5.41) is 0. The van der Waals surface area contributed by atoms with E-state index in [0.717, 1.165) is 18.5 Å². The predicted octanol–water partition coefficient (Wildman–Crippen LogP) is 4.37. The third kappa shape index (κ3) is 2.23. The van der Waals surface area contributed by atoms with Crippen molar-refractivity contribution >= 4 is 5.91 Å². The summed E-state index contributed by atoms with van der Waals surface area (Å²) in [6.45, 7) is 0.731. The molecular weight excluding hydrogens is 270 g/mol. The van der Waals surface area contributed by atoms with Gasteiger partial charge in [-0.05, 0) is 30.0 Å². The van der Waals surface area contributed by atoms with Crippen LogP contribution in [0, 0.1) is 0 Å². The third-order valence-electron chi connectivity index (χ3n) is 5.18. The molecule has 2 heteroatoms. The largest absolute Gasteiger partial charge is 0.331 e. The van der Waals surface area contributed by atoms with Gasteiger partial charge in [-0.2, -0.15) is 0 Å². The fraction of sp³-hybridized carbons (Fsp3) is 0.350. The first kappa shape index (κ1) is 13.6. The van der Waals surface area contributed by atoms with E-state index in [2.05, 4.69) is 41.3 Å². The second-order valence-electron chi connectivity index (χ2n) is 6.46. The smallest absolute Gasteiger partial charge is 0.254 e. The summed E-state index contributed by atoms with van der Waals surface area (Å²) in [5.41, 5.74) is 3.42. The molecule has 2 aromatic carbocycles. The molecule has 0 bridgehead atoms. The number of nitrogens with zero attached hydrogens (tertiary/aromatic N) is 1. The van der Waals surface area contributed by atoms with Gasteiger partial charge in [0.25, 0.3) is 5.91 Å². The molecule has 2 aliphatic rings. The minimum absolute atomic E-state index is 0.211. The molecule has 1 aliphatic carbocycles. The monoisotopic (exact) mass is 291 g/mol. The number of hydrogen-bond acceptors (Lipinski definition) is 1. The van der Waals surface area contributed by atoms with Gasteiger partial charge >= 0.3 is 0 Å². The van der Waals surface area contributed by atoms with Crippen LogP contribution in [0.4, 0.5) is 0 Å². The fourth-order valence-corrected chi connectivity index (χ4v) is 4.14. The molecule has 0 saturated heterocycles. The maximum atomic E-state index is 13.0. The molecule has 2 atom stereocenters. The van der Waals surface area contributed by atoms with Crippen LogP contribution in [0.5, 0.6) is 0 Å². The molecule has 2 nitrogen and oxygen atoms in total. The van der Waals surface area contributed by atoms with E-state index in [4.69, 9.17) is 0 Å². The zero-order chi connectivity index (χ0) is 14.9.